The Labute approximate surface area is 76.1 Å². The maximum atomic E-state index is 5.62. The highest BCUT2D eigenvalue weighted by Crippen LogP contribution is 2.23. The van der Waals surface area contributed by atoms with Gasteiger partial charge in [0.2, 0.25) is 0 Å². The third-order valence-corrected chi connectivity index (χ3v) is 1.98. The number of anilines is 1. The van der Waals surface area contributed by atoms with Gasteiger partial charge in [-0.05, 0) is 12.1 Å². The minimum absolute atomic E-state index is 0.566. The molecule has 3 nitrogen and oxygen atoms in total. The number of ether oxygens (including phenoxy) is 1. The molecule has 0 spiro atoms. The first-order chi connectivity index (χ1) is 6.31. The van der Waals surface area contributed by atoms with Gasteiger partial charge in [0.1, 0.15) is 5.58 Å². The van der Waals surface area contributed by atoms with Crippen molar-refractivity contribution >= 4 is 16.7 Å². The molecule has 2 N–H and O–H groups in total. The molecule has 0 fully saturated rings. The van der Waals surface area contributed by atoms with Crippen LogP contribution in [0.3, 0.4) is 0 Å². The van der Waals surface area contributed by atoms with E-state index in [0.29, 0.717) is 12.3 Å². The topological polar surface area (TPSA) is 48.4 Å². The van der Waals surface area contributed by atoms with Gasteiger partial charge in [0.15, 0.2) is 0 Å². The largest absolute Gasteiger partial charge is 0.464 e. The molecule has 0 bridgehead atoms. The van der Waals surface area contributed by atoms with E-state index in [9.17, 15) is 0 Å². The smallest absolute Gasteiger partial charge is 0.136 e. The van der Waals surface area contributed by atoms with Crippen LogP contribution >= 0.6 is 0 Å². The molecule has 13 heavy (non-hydrogen) atoms. The molecule has 1 aromatic heterocycles. The van der Waals surface area contributed by atoms with E-state index in [1.54, 1.807) is 13.4 Å². The molecule has 68 valence electrons. The van der Waals surface area contributed by atoms with E-state index in [1.165, 1.54) is 0 Å². The van der Waals surface area contributed by atoms with Crippen molar-refractivity contribution in [2.75, 3.05) is 12.8 Å². The van der Waals surface area contributed by atoms with Crippen molar-refractivity contribution in [2.45, 2.75) is 6.61 Å². The van der Waals surface area contributed by atoms with Crippen LogP contribution in [0, 0.1) is 0 Å². The number of fused-ring (bicyclic) bond motifs is 1. The summed E-state index contributed by atoms with van der Waals surface area (Å²) in [6.07, 6.45) is 1.70. The van der Waals surface area contributed by atoms with Gasteiger partial charge in [-0.15, -0.1) is 0 Å². The van der Waals surface area contributed by atoms with Gasteiger partial charge in [0.05, 0.1) is 12.9 Å². The quantitative estimate of drug-likeness (QED) is 0.715. The van der Waals surface area contributed by atoms with Crippen LogP contribution in [0.25, 0.3) is 11.0 Å². The summed E-state index contributed by atoms with van der Waals surface area (Å²) in [5.41, 5.74) is 8.19. The first kappa shape index (κ1) is 8.13. The fourth-order valence-electron chi connectivity index (χ4n) is 1.37. The number of hydrogen-bond donors (Lipinski definition) is 1. The Balaban J connectivity index is 2.55. The van der Waals surface area contributed by atoms with Crippen molar-refractivity contribution in [3.05, 3.63) is 30.0 Å². The number of nitrogens with two attached hydrogens (primary N) is 1. The molecule has 2 aromatic rings. The van der Waals surface area contributed by atoms with E-state index in [0.717, 1.165) is 16.5 Å². The number of benzene rings is 1. The van der Waals surface area contributed by atoms with Gasteiger partial charge in [-0.25, -0.2) is 0 Å². The number of furan rings is 1. The van der Waals surface area contributed by atoms with E-state index in [-0.39, 0.29) is 0 Å². The van der Waals surface area contributed by atoms with Crippen molar-refractivity contribution < 1.29 is 9.15 Å². The predicted octanol–water partition coefficient (Wildman–Crippen LogP) is 2.16. The fourth-order valence-corrected chi connectivity index (χ4v) is 1.37. The Morgan fingerprint density at radius 3 is 3.08 bits per heavy atom. The minimum Gasteiger partial charge on any atom is -0.464 e. The van der Waals surface area contributed by atoms with E-state index in [1.807, 2.05) is 18.2 Å². The lowest BCUT2D eigenvalue weighted by molar-refractivity contribution is 0.185. The Morgan fingerprint density at radius 2 is 2.31 bits per heavy atom. The zero-order valence-electron chi connectivity index (χ0n) is 7.41. The Morgan fingerprint density at radius 1 is 1.46 bits per heavy atom. The van der Waals surface area contributed by atoms with Gasteiger partial charge in [-0.3, -0.25) is 0 Å². The van der Waals surface area contributed by atoms with Gasteiger partial charge in [0, 0.05) is 29.8 Å². The molecule has 1 heterocycles. The molecule has 0 aliphatic rings. The Kier molecular flexibility index (Phi) is 1.94. The van der Waals surface area contributed by atoms with Crippen LogP contribution in [-0.2, 0) is 11.3 Å². The molecule has 0 unspecified atom stereocenters. The van der Waals surface area contributed by atoms with Crippen molar-refractivity contribution in [3.63, 3.8) is 0 Å². The van der Waals surface area contributed by atoms with E-state index < -0.39 is 0 Å². The lowest BCUT2D eigenvalue weighted by atomic mass is 10.2. The molecule has 2 rings (SSSR count). The summed E-state index contributed by atoms with van der Waals surface area (Å²) in [4.78, 5) is 0. The molecule has 0 amide bonds. The van der Waals surface area contributed by atoms with Gasteiger partial charge in [0.25, 0.3) is 0 Å². The highest BCUT2D eigenvalue weighted by atomic mass is 16.5. The standard InChI is InChI=1S/C10H11NO2/c1-12-5-7-6-13-10-4-8(11)2-3-9(7)10/h2-4,6H,5,11H2,1H3. The highest BCUT2D eigenvalue weighted by molar-refractivity contribution is 5.83. The summed E-state index contributed by atoms with van der Waals surface area (Å²) < 4.78 is 10.4. The lowest BCUT2D eigenvalue weighted by Gasteiger charge is -1.95. The predicted molar refractivity (Wildman–Crippen MR) is 51.3 cm³/mol. The molecular weight excluding hydrogens is 166 g/mol. The van der Waals surface area contributed by atoms with Crippen LogP contribution in [0.4, 0.5) is 5.69 Å². The van der Waals surface area contributed by atoms with Gasteiger partial charge in [-0.1, -0.05) is 0 Å². The average molecular weight is 177 g/mol. The first-order valence-corrected chi connectivity index (χ1v) is 4.06. The molecule has 3 heteroatoms. The van der Waals surface area contributed by atoms with Crippen LogP contribution < -0.4 is 5.73 Å². The van der Waals surface area contributed by atoms with E-state index in [4.69, 9.17) is 14.9 Å². The van der Waals surface area contributed by atoms with Crippen molar-refractivity contribution in [2.24, 2.45) is 0 Å². The van der Waals surface area contributed by atoms with Crippen LogP contribution in [0.15, 0.2) is 28.9 Å². The van der Waals surface area contributed by atoms with Crippen molar-refractivity contribution in [1.82, 2.24) is 0 Å². The SMILES string of the molecule is COCc1coc2cc(N)ccc12. The van der Waals surface area contributed by atoms with Crippen LogP contribution in [-0.4, -0.2) is 7.11 Å². The van der Waals surface area contributed by atoms with Crippen LogP contribution in [0.5, 0.6) is 0 Å². The molecular formula is C10H11NO2. The Hall–Kier alpha value is -1.48. The number of methoxy groups -OCH3 is 1. The molecule has 0 aliphatic heterocycles. The minimum atomic E-state index is 0.566. The average Bonchev–Trinajstić information content (AvgIpc) is 2.49. The maximum Gasteiger partial charge on any atom is 0.136 e. The second-order valence-electron chi connectivity index (χ2n) is 2.95. The molecule has 0 saturated heterocycles. The normalized spacial score (nSPS) is 10.8. The summed E-state index contributed by atoms with van der Waals surface area (Å²) in [5.74, 6) is 0. The summed E-state index contributed by atoms with van der Waals surface area (Å²) in [5, 5.41) is 1.07. The zero-order chi connectivity index (χ0) is 9.26. The second kappa shape index (κ2) is 3.11. The third kappa shape index (κ3) is 1.38. The van der Waals surface area contributed by atoms with Gasteiger partial charge >= 0.3 is 0 Å². The van der Waals surface area contributed by atoms with Gasteiger partial charge < -0.3 is 14.9 Å². The van der Waals surface area contributed by atoms with Crippen molar-refractivity contribution in [1.29, 1.82) is 0 Å². The number of hydrogen-bond acceptors (Lipinski definition) is 3. The molecule has 0 saturated carbocycles. The monoisotopic (exact) mass is 177 g/mol. The fraction of sp³-hybridized carbons (Fsp3) is 0.200. The van der Waals surface area contributed by atoms with Crippen LogP contribution in [0.2, 0.25) is 0 Å². The second-order valence-corrected chi connectivity index (χ2v) is 2.95. The molecule has 1 aromatic carbocycles. The number of nitrogen functional groups attached to an aromatic ring is 1. The summed E-state index contributed by atoms with van der Waals surface area (Å²) in [7, 11) is 1.66. The molecule has 0 radical (unpaired) electrons. The van der Waals surface area contributed by atoms with Crippen molar-refractivity contribution in [3.8, 4) is 0 Å². The first-order valence-electron chi connectivity index (χ1n) is 4.06. The third-order valence-electron chi connectivity index (χ3n) is 1.98. The van der Waals surface area contributed by atoms with Gasteiger partial charge in [-0.2, -0.15) is 0 Å². The highest BCUT2D eigenvalue weighted by Gasteiger charge is 2.04. The maximum absolute atomic E-state index is 5.62. The van der Waals surface area contributed by atoms with Crippen LogP contribution in [0.1, 0.15) is 5.56 Å². The molecule has 0 aliphatic carbocycles. The number of rotatable bonds is 2. The zero-order valence-corrected chi connectivity index (χ0v) is 7.41. The summed E-state index contributed by atoms with van der Waals surface area (Å²) >= 11 is 0. The molecule has 0 atom stereocenters. The Bertz CT molecular complexity index is 420. The van der Waals surface area contributed by atoms with E-state index >= 15 is 0 Å². The van der Waals surface area contributed by atoms with E-state index in [2.05, 4.69) is 0 Å². The lowest BCUT2D eigenvalue weighted by Crippen LogP contribution is -1.85. The summed E-state index contributed by atoms with van der Waals surface area (Å²) in [6, 6.07) is 5.62. The summed E-state index contributed by atoms with van der Waals surface area (Å²) in [6.45, 7) is 0.566.